The molecule has 1 aromatic rings. The monoisotopic (exact) mass is 237 g/mol. The third-order valence-corrected chi connectivity index (χ3v) is 2.53. The summed E-state index contributed by atoms with van der Waals surface area (Å²) in [6, 6.07) is 7.93. The summed E-state index contributed by atoms with van der Waals surface area (Å²) < 4.78 is 4.94. The Morgan fingerprint density at radius 3 is 3.00 bits per heavy atom. The van der Waals surface area contributed by atoms with E-state index in [0.29, 0.717) is 13.0 Å². The molecule has 0 aliphatic carbocycles. The van der Waals surface area contributed by atoms with Crippen LogP contribution in [0, 0.1) is 0 Å². The average Bonchev–Trinajstić information content (AvgIpc) is 2.71. The lowest BCUT2D eigenvalue weighted by molar-refractivity contribution is -0.441. The van der Waals surface area contributed by atoms with Crippen molar-refractivity contribution in [3.05, 3.63) is 24.3 Å². The first-order valence-corrected chi connectivity index (χ1v) is 5.70. The van der Waals surface area contributed by atoms with Crippen LogP contribution < -0.4 is 5.32 Å². The van der Waals surface area contributed by atoms with Crippen LogP contribution in [0.5, 0.6) is 0 Å². The second-order valence-corrected chi connectivity index (χ2v) is 3.75. The van der Waals surface area contributed by atoms with Gasteiger partial charge in [0.05, 0.1) is 12.2 Å². The smallest absolute Gasteiger partial charge is 0.315 e. The minimum Gasteiger partial charge on any atom is -0.464 e. The van der Waals surface area contributed by atoms with Crippen LogP contribution in [0.3, 0.4) is 0 Å². The number of hydrogen-bond donors (Lipinski definition) is 2. The van der Waals surface area contributed by atoms with Crippen molar-refractivity contribution < 1.29 is 14.8 Å². The molecule has 1 aromatic carbocycles. The summed E-state index contributed by atoms with van der Waals surface area (Å²) in [5.41, 5.74) is 2.11. The summed E-state index contributed by atoms with van der Waals surface area (Å²) in [5, 5.41) is 2.02. The number of rotatable bonds is 4. The SMILES string of the molecule is O=C(CS)OCCC1=Nc2ccccc2[NH2+]1. The summed E-state index contributed by atoms with van der Waals surface area (Å²) in [7, 11) is 0. The van der Waals surface area contributed by atoms with Crippen molar-refractivity contribution in [1.82, 2.24) is 0 Å². The summed E-state index contributed by atoms with van der Waals surface area (Å²) in [6.45, 7) is 0.364. The summed E-state index contributed by atoms with van der Waals surface area (Å²) >= 11 is 3.83. The molecule has 1 aliphatic rings. The molecule has 4 nitrogen and oxygen atoms in total. The fourth-order valence-corrected chi connectivity index (χ4v) is 1.61. The fraction of sp³-hybridized carbons (Fsp3) is 0.273. The number of carbonyl (C=O) groups is 1. The predicted molar refractivity (Wildman–Crippen MR) is 64.6 cm³/mol. The maximum absolute atomic E-state index is 10.9. The first kappa shape index (κ1) is 11.2. The predicted octanol–water partition coefficient (Wildman–Crippen LogP) is 0.788. The molecule has 0 saturated carbocycles. The number of fused-ring (bicyclic) bond motifs is 1. The first-order valence-electron chi connectivity index (χ1n) is 5.07. The van der Waals surface area contributed by atoms with Gasteiger partial charge in [0.15, 0.2) is 5.69 Å². The van der Waals surface area contributed by atoms with Gasteiger partial charge >= 0.3 is 5.97 Å². The van der Waals surface area contributed by atoms with Gasteiger partial charge in [-0.1, -0.05) is 12.1 Å². The molecule has 2 N–H and O–H groups in total. The first-order chi connectivity index (χ1) is 7.79. The molecule has 0 saturated heterocycles. The van der Waals surface area contributed by atoms with Crippen LogP contribution in [0.1, 0.15) is 6.42 Å². The van der Waals surface area contributed by atoms with E-state index < -0.39 is 0 Å². The lowest BCUT2D eigenvalue weighted by Crippen LogP contribution is -2.80. The lowest BCUT2D eigenvalue weighted by Gasteiger charge is -2.00. The van der Waals surface area contributed by atoms with Gasteiger partial charge in [0.2, 0.25) is 5.84 Å². The van der Waals surface area contributed by atoms with Crippen LogP contribution in [-0.4, -0.2) is 24.2 Å². The van der Waals surface area contributed by atoms with Crippen molar-refractivity contribution in [1.29, 1.82) is 0 Å². The molecular weight excluding hydrogens is 224 g/mol. The molecule has 2 rings (SSSR count). The van der Waals surface area contributed by atoms with Gasteiger partial charge in [-0.05, 0) is 6.07 Å². The van der Waals surface area contributed by atoms with Crippen LogP contribution in [0.4, 0.5) is 11.4 Å². The Morgan fingerprint density at radius 2 is 2.25 bits per heavy atom. The number of amidine groups is 1. The van der Waals surface area contributed by atoms with Crippen molar-refractivity contribution in [3.63, 3.8) is 0 Å². The topological polar surface area (TPSA) is 55.3 Å². The van der Waals surface area contributed by atoms with E-state index in [4.69, 9.17) is 4.74 Å². The molecule has 0 spiro atoms. The van der Waals surface area contributed by atoms with Gasteiger partial charge in [-0.25, -0.2) is 0 Å². The zero-order valence-electron chi connectivity index (χ0n) is 8.72. The van der Waals surface area contributed by atoms with Gasteiger partial charge < -0.3 is 4.74 Å². The van der Waals surface area contributed by atoms with E-state index in [-0.39, 0.29) is 11.7 Å². The van der Waals surface area contributed by atoms with Crippen LogP contribution >= 0.6 is 12.6 Å². The quantitative estimate of drug-likeness (QED) is 0.462. The number of aliphatic imine (C=N–C) groups is 1. The Labute approximate surface area is 99.1 Å². The van der Waals surface area contributed by atoms with Gasteiger partial charge in [0.1, 0.15) is 12.3 Å². The highest BCUT2D eigenvalue weighted by Gasteiger charge is 2.18. The Morgan fingerprint density at radius 1 is 1.44 bits per heavy atom. The number of para-hydroxylation sites is 2. The van der Waals surface area contributed by atoms with Crippen LogP contribution in [0.2, 0.25) is 0 Å². The molecule has 1 heterocycles. The number of hydrogen-bond acceptors (Lipinski definition) is 4. The van der Waals surface area contributed by atoms with Gasteiger partial charge in [0.25, 0.3) is 0 Å². The van der Waals surface area contributed by atoms with Crippen molar-refractivity contribution >= 4 is 35.8 Å². The zero-order chi connectivity index (χ0) is 11.4. The standard InChI is InChI=1S/C11H12N2O2S/c14-11(7-16)15-6-5-10-12-8-3-1-2-4-9(8)13-10/h1-4,16H,5-7H2,(H,12,13)/p+1. The van der Waals surface area contributed by atoms with E-state index in [2.05, 4.69) is 17.6 Å². The summed E-state index contributed by atoms with van der Waals surface area (Å²) in [6.07, 6.45) is 0.647. The minimum atomic E-state index is -0.292. The van der Waals surface area contributed by atoms with E-state index in [9.17, 15) is 4.79 Å². The van der Waals surface area contributed by atoms with Crippen LogP contribution in [0.25, 0.3) is 0 Å². The second-order valence-electron chi connectivity index (χ2n) is 3.43. The molecule has 84 valence electrons. The van der Waals surface area contributed by atoms with E-state index in [1.54, 1.807) is 0 Å². The lowest BCUT2D eigenvalue weighted by atomic mass is 10.3. The van der Waals surface area contributed by atoms with Gasteiger partial charge in [-0.3, -0.25) is 10.1 Å². The Balaban J connectivity index is 1.84. The fourth-order valence-electron chi connectivity index (χ4n) is 1.52. The number of nitrogens with two attached hydrogens (primary N) is 1. The van der Waals surface area contributed by atoms with Crippen molar-refractivity contribution in [2.45, 2.75) is 6.42 Å². The van der Waals surface area contributed by atoms with Crippen LogP contribution in [0.15, 0.2) is 29.3 Å². The molecule has 0 amide bonds. The molecule has 0 atom stereocenters. The number of thiol groups is 1. The number of benzene rings is 1. The zero-order valence-corrected chi connectivity index (χ0v) is 9.61. The largest absolute Gasteiger partial charge is 0.464 e. The number of carbonyl (C=O) groups excluding carboxylic acids is 1. The van der Waals surface area contributed by atoms with Gasteiger partial charge in [0, 0.05) is 6.07 Å². The number of esters is 1. The molecule has 16 heavy (non-hydrogen) atoms. The highest BCUT2D eigenvalue weighted by Crippen LogP contribution is 2.23. The third-order valence-electron chi connectivity index (χ3n) is 2.27. The van der Waals surface area contributed by atoms with Crippen molar-refractivity contribution in [2.24, 2.45) is 4.99 Å². The molecular formula is C11H13N2O2S+. The molecule has 1 aliphatic heterocycles. The Bertz CT molecular complexity index is 432. The summed E-state index contributed by atoms with van der Waals surface area (Å²) in [5.74, 6) is 0.781. The van der Waals surface area contributed by atoms with E-state index >= 15 is 0 Å². The van der Waals surface area contributed by atoms with Crippen molar-refractivity contribution in [3.8, 4) is 0 Å². The molecule has 0 aromatic heterocycles. The minimum absolute atomic E-state index is 0.121. The van der Waals surface area contributed by atoms with Crippen LogP contribution in [-0.2, 0) is 9.53 Å². The van der Waals surface area contributed by atoms with E-state index in [0.717, 1.165) is 17.2 Å². The molecule has 5 heteroatoms. The van der Waals surface area contributed by atoms with Crippen molar-refractivity contribution in [2.75, 3.05) is 12.4 Å². The number of ether oxygens (including phenoxy) is 1. The molecule has 0 unspecified atom stereocenters. The van der Waals surface area contributed by atoms with E-state index in [1.807, 2.05) is 29.6 Å². The molecule has 0 radical (unpaired) electrons. The number of nitrogens with zero attached hydrogens (tertiary/aromatic N) is 1. The van der Waals surface area contributed by atoms with E-state index in [1.165, 1.54) is 0 Å². The highest BCUT2D eigenvalue weighted by atomic mass is 32.1. The molecule has 0 bridgehead atoms. The normalized spacial score (nSPS) is 13.2. The third kappa shape index (κ3) is 2.62. The maximum Gasteiger partial charge on any atom is 0.315 e. The Hall–Kier alpha value is -1.33. The maximum atomic E-state index is 10.9. The van der Waals surface area contributed by atoms with Gasteiger partial charge in [-0.2, -0.15) is 17.6 Å². The average molecular weight is 237 g/mol. The Kier molecular flexibility index (Phi) is 3.58. The van der Waals surface area contributed by atoms with Gasteiger partial charge in [-0.15, -0.1) is 0 Å². The summed E-state index contributed by atoms with van der Waals surface area (Å²) in [4.78, 5) is 15.3. The number of quaternary nitrogens is 1. The molecule has 0 fully saturated rings. The second kappa shape index (κ2) is 5.14. The highest BCUT2D eigenvalue weighted by molar-refractivity contribution is 7.81.